The Morgan fingerprint density at radius 3 is 1.37 bits per heavy atom. The van der Waals surface area contributed by atoms with Crippen molar-refractivity contribution < 1.29 is 26.4 Å². The Morgan fingerprint density at radius 2 is 0.968 bits per heavy atom. The van der Waals surface area contributed by atoms with Crippen molar-refractivity contribution in [3.05, 3.63) is 136 Å². The van der Waals surface area contributed by atoms with E-state index in [2.05, 4.69) is 160 Å². The molecule has 4 saturated heterocycles. The lowest BCUT2D eigenvalue weighted by Gasteiger charge is -2.34. The van der Waals surface area contributed by atoms with Gasteiger partial charge >= 0.3 is 0 Å². The third-order valence-electron chi connectivity index (χ3n) is 18.5. The van der Waals surface area contributed by atoms with E-state index in [1.54, 1.807) is 54.7 Å². The first kappa shape index (κ1) is 68.8. The minimum Gasteiger partial charge on any atom is -0.368 e. The van der Waals surface area contributed by atoms with Crippen molar-refractivity contribution in [3.8, 4) is 0 Å². The van der Waals surface area contributed by atoms with E-state index in [9.17, 15) is 26.4 Å². The quantitative estimate of drug-likeness (QED) is 0.110. The molecular formula is C68H93ClN16O6S2. The fourth-order valence-electron chi connectivity index (χ4n) is 13.1. The zero-order valence-corrected chi connectivity index (χ0v) is 58.3. The Labute approximate surface area is 555 Å². The second kappa shape index (κ2) is 27.7. The van der Waals surface area contributed by atoms with E-state index >= 15 is 0 Å². The van der Waals surface area contributed by atoms with Gasteiger partial charge in [-0.15, -0.1) is 0 Å². The van der Waals surface area contributed by atoms with Crippen LogP contribution in [0.4, 0.5) is 29.0 Å². The topological polar surface area (TPSA) is 256 Å². The van der Waals surface area contributed by atoms with Crippen molar-refractivity contribution in [1.82, 2.24) is 54.5 Å². The number of nitrogens with one attached hydrogen (secondary N) is 5. The van der Waals surface area contributed by atoms with Gasteiger partial charge in [-0.05, 0) is 165 Å². The van der Waals surface area contributed by atoms with E-state index in [0.717, 1.165) is 106 Å². The van der Waals surface area contributed by atoms with Crippen molar-refractivity contribution in [2.24, 2.45) is 11.8 Å². The normalized spacial score (nSPS) is 23.1. The highest BCUT2D eigenvalue weighted by atomic mass is 35.5. The van der Waals surface area contributed by atoms with Crippen LogP contribution in [-0.2, 0) is 30.9 Å². The molecule has 0 aliphatic carbocycles. The lowest BCUT2D eigenvalue weighted by Crippen LogP contribution is -2.44. The largest absolute Gasteiger partial charge is 0.368 e. The van der Waals surface area contributed by atoms with Gasteiger partial charge in [-0.1, -0.05) is 65.3 Å². The van der Waals surface area contributed by atoms with Crippen LogP contribution in [0.25, 0.3) is 0 Å². The van der Waals surface area contributed by atoms with Gasteiger partial charge in [0.05, 0.1) is 51.5 Å². The molecule has 6 aromatic rings. The number of amides is 2. The smallest absolute Gasteiger partial charge is 0.281 e. The van der Waals surface area contributed by atoms with E-state index in [1.807, 2.05) is 18.3 Å². The molecule has 4 atom stereocenters. The van der Waals surface area contributed by atoms with E-state index in [-0.39, 0.29) is 55.2 Å². The molecule has 12 rings (SSSR count). The third-order valence-corrected chi connectivity index (χ3v) is 21.2. The molecule has 5 N–H and O–H groups in total. The van der Waals surface area contributed by atoms with Crippen molar-refractivity contribution >= 4 is 72.4 Å². The Bertz CT molecular complexity index is 3870. The molecule has 500 valence electrons. The number of pyridine rings is 6. The van der Waals surface area contributed by atoms with Crippen LogP contribution in [0, 0.1) is 11.8 Å². The predicted molar refractivity (Wildman–Crippen MR) is 367 cm³/mol. The van der Waals surface area contributed by atoms with Crippen LogP contribution < -0.4 is 40.1 Å². The van der Waals surface area contributed by atoms with Gasteiger partial charge in [-0.3, -0.25) is 19.6 Å². The second-order valence-electron chi connectivity index (χ2n) is 28.9. The first-order valence-electron chi connectivity index (χ1n) is 32.4. The van der Waals surface area contributed by atoms with E-state index in [0.29, 0.717) is 53.2 Å². The molecule has 12 heterocycles. The lowest BCUT2D eigenvalue weighted by molar-refractivity contribution is 0.0972. The van der Waals surface area contributed by atoms with Crippen LogP contribution in [0.3, 0.4) is 0 Å². The van der Waals surface area contributed by atoms with Gasteiger partial charge in [0, 0.05) is 105 Å². The number of hydrogen-bond donors (Lipinski definition) is 5. The summed E-state index contributed by atoms with van der Waals surface area (Å²) in [5.74, 6) is 0.977. The predicted octanol–water partition coefficient (Wildman–Crippen LogP) is 9.61. The molecule has 0 saturated carbocycles. The fourth-order valence-corrected chi connectivity index (χ4v) is 15.1. The number of sulfonamides is 2. The molecule has 0 radical (unpaired) electrons. The van der Waals surface area contributed by atoms with Crippen LogP contribution >= 0.6 is 11.6 Å². The molecule has 25 heteroatoms. The fraction of sp³-hybridized carbons (Fsp3) is 0.529. The number of rotatable bonds is 3. The average Bonchev–Trinajstić information content (AvgIpc) is 1.71. The van der Waals surface area contributed by atoms with Crippen molar-refractivity contribution in [3.63, 3.8) is 0 Å². The highest BCUT2D eigenvalue weighted by Crippen LogP contribution is 2.44. The molecule has 6 aliphatic heterocycles. The summed E-state index contributed by atoms with van der Waals surface area (Å²) in [7, 11) is -4.25. The first-order chi connectivity index (χ1) is 43.8. The monoisotopic (exact) mass is 1330 g/mol. The number of piperazine rings is 2. The summed E-state index contributed by atoms with van der Waals surface area (Å²) >= 11 is 6.10. The zero-order valence-electron chi connectivity index (χ0n) is 55.9. The minimum atomic E-state index is -4.28. The highest BCUT2D eigenvalue weighted by Gasteiger charge is 2.44. The van der Waals surface area contributed by atoms with Crippen LogP contribution in [0.1, 0.15) is 163 Å². The molecular weight excluding hydrogens is 1240 g/mol. The van der Waals surface area contributed by atoms with Crippen LogP contribution in [0.15, 0.2) is 107 Å². The van der Waals surface area contributed by atoms with Gasteiger partial charge in [-0.25, -0.2) is 29.4 Å². The Hall–Kier alpha value is -7.09. The molecule has 2 amide bonds. The Balaban J connectivity index is 0.000000185. The summed E-state index contributed by atoms with van der Waals surface area (Å²) in [4.78, 5) is 66.8. The van der Waals surface area contributed by atoms with E-state index in [1.165, 1.54) is 25.2 Å². The summed E-state index contributed by atoms with van der Waals surface area (Å²) in [5, 5.41) is 10.2. The summed E-state index contributed by atoms with van der Waals surface area (Å²) in [6.07, 6.45) is 8.63. The maximum atomic E-state index is 13.7. The van der Waals surface area contributed by atoms with Gasteiger partial charge in [0.25, 0.3) is 31.9 Å². The van der Waals surface area contributed by atoms with Crippen LogP contribution in [0.2, 0.25) is 5.02 Å². The lowest BCUT2D eigenvalue weighted by atomic mass is 9.90. The summed E-state index contributed by atoms with van der Waals surface area (Å²) in [5.41, 5.74) is 3.77. The van der Waals surface area contributed by atoms with Gasteiger partial charge in [0.2, 0.25) is 0 Å². The van der Waals surface area contributed by atoms with Gasteiger partial charge in [-0.2, -0.15) is 16.8 Å². The summed E-state index contributed by atoms with van der Waals surface area (Å²) in [6, 6.07) is 23.9. The minimum absolute atomic E-state index is 0.193. The molecule has 93 heavy (non-hydrogen) atoms. The van der Waals surface area contributed by atoms with Gasteiger partial charge in [0.1, 0.15) is 23.3 Å². The highest BCUT2D eigenvalue weighted by molar-refractivity contribution is 7.90. The molecule has 6 aromatic heterocycles. The maximum absolute atomic E-state index is 13.7. The Kier molecular flexibility index (Phi) is 20.5. The van der Waals surface area contributed by atoms with Crippen molar-refractivity contribution in [2.45, 2.75) is 152 Å². The number of likely N-dealkylation sites (N-methyl/N-ethyl adjacent to an activating group) is 2. The van der Waals surface area contributed by atoms with Crippen molar-refractivity contribution in [1.29, 1.82) is 0 Å². The number of anilines is 5. The number of halogens is 1. The number of fused-ring (bicyclic) bond motifs is 12. The standard InChI is InChI=1S/C34H46N8O3S.C29H35ClN6O3S.C5H12N2/c1-33(2,3)28-15-12-25-31(37-28)42-22-23(20-34(42,4)5)10-13-27(26-14-11-24(21-35-26)41-18-16-40(6)17-19-41)36-29-8-7-9-30(38-29)46(44,45)39-32(25)43;1-28(2,3)23-14-11-20-26(33-23)36-17-18(15-29(36,4)5)9-12-22(21-13-10-19(30)16-31-21)32-24-7-6-8-25(34-24)40(38,39)35-27(20)37;1-7-4-2-6-3-5-7/h7-9,11-12,14-15,21,23,27H,10,13,16-20,22H2,1-6H3,(H,36,38)(H,39,43);6-8,10-11,13-14,16,18,22H,9,12,15,17H2,1-5H3,(H,32,34)(H,35,37);6H,2-5H2,1H3/t23-,27?;18-,22?;/m00./s1. The SMILES string of the molecule is CC(C)(C)c1ccc2c(n1)N1C[C@@H](CCC(c3ccc(Cl)cn3)Nc3cccc(n3)S(=O)(=O)NC2=O)CC1(C)C.CN1CCN(c2ccc(C3CC[C@@H]4CN(c5nc(C(C)(C)C)ccc5C(=O)NS(=O)(=O)c5cccc(n5)N3)C(C)(C)C4)nc2)CC1.CN1CCNCC1. The van der Waals surface area contributed by atoms with Gasteiger partial charge in [0.15, 0.2) is 10.1 Å². The number of carbonyl (C=O) groups is 2. The third kappa shape index (κ3) is 16.7. The first-order valence-corrected chi connectivity index (χ1v) is 35.8. The molecule has 6 aliphatic rings. The second-order valence-corrected chi connectivity index (χ2v) is 32.6. The number of hydrogen-bond acceptors (Lipinski definition) is 20. The maximum Gasteiger partial charge on any atom is 0.281 e. The zero-order chi connectivity index (χ0) is 66.8. The molecule has 8 bridgehead atoms. The van der Waals surface area contributed by atoms with E-state index in [4.69, 9.17) is 26.6 Å². The number of nitrogens with zero attached hydrogens (tertiary/aromatic N) is 11. The van der Waals surface area contributed by atoms with Crippen LogP contribution in [-0.4, -0.2) is 159 Å². The molecule has 0 spiro atoms. The van der Waals surface area contributed by atoms with Crippen molar-refractivity contribution in [2.75, 3.05) is 105 Å². The van der Waals surface area contributed by atoms with E-state index < -0.39 is 31.9 Å². The molecule has 22 nitrogen and oxygen atoms in total. The van der Waals surface area contributed by atoms with Gasteiger partial charge < -0.3 is 40.4 Å². The summed E-state index contributed by atoms with van der Waals surface area (Å²) < 4.78 is 58.2. The number of aromatic nitrogens is 6. The Morgan fingerprint density at radius 1 is 0.527 bits per heavy atom. The summed E-state index contributed by atoms with van der Waals surface area (Å²) in [6.45, 7) is 31.1. The van der Waals surface area contributed by atoms with Crippen LogP contribution in [0.5, 0.6) is 0 Å². The number of carbonyl (C=O) groups excluding carboxylic acids is 2. The molecule has 4 fully saturated rings. The molecule has 0 aromatic carbocycles. The molecule has 2 unspecified atom stereocenters. The average molecular weight is 1330 g/mol.